The molecule has 108 valence electrons. The van der Waals surface area contributed by atoms with Gasteiger partial charge in [-0.2, -0.15) is 5.10 Å². The Balaban J connectivity index is 1.70. The molecule has 0 radical (unpaired) electrons. The molecule has 0 unspecified atom stereocenters. The summed E-state index contributed by atoms with van der Waals surface area (Å²) < 4.78 is 0. The topological polar surface area (TPSA) is 41.5 Å². The van der Waals surface area contributed by atoms with Crippen molar-refractivity contribution >= 4 is 34.5 Å². The number of rotatable bonds is 3. The molecule has 0 atom stereocenters. The van der Waals surface area contributed by atoms with Gasteiger partial charge >= 0.3 is 0 Å². The molecule has 0 aliphatic carbocycles. The van der Waals surface area contributed by atoms with Gasteiger partial charge in [0.15, 0.2) is 0 Å². The summed E-state index contributed by atoms with van der Waals surface area (Å²) in [5, 5.41) is 6.89. The summed E-state index contributed by atoms with van der Waals surface area (Å²) in [6.07, 6.45) is 1.63. The Morgan fingerprint density at radius 1 is 0.955 bits per heavy atom. The minimum absolute atomic E-state index is 0.270. The van der Waals surface area contributed by atoms with Crippen LogP contribution in [0.25, 0.3) is 10.8 Å². The van der Waals surface area contributed by atoms with E-state index in [0.29, 0.717) is 10.6 Å². The van der Waals surface area contributed by atoms with E-state index in [4.69, 9.17) is 11.6 Å². The lowest BCUT2D eigenvalue weighted by molar-refractivity contribution is 0.0955. The normalized spacial score (nSPS) is 11.0. The van der Waals surface area contributed by atoms with Crippen LogP contribution in [0.2, 0.25) is 5.02 Å². The van der Waals surface area contributed by atoms with Crippen LogP contribution in [0.4, 0.5) is 0 Å². The summed E-state index contributed by atoms with van der Waals surface area (Å²) >= 11 is 5.79. The van der Waals surface area contributed by atoms with Crippen LogP contribution < -0.4 is 5.43 Å². The van der Waals surface area contributed by atoms with Crippen LogP contribution in [0, 0.1) is 0 Å². The Hall–Kier alpha value is -2.65. The van der Waals surface area contributed by atoms with E-state index in [1.54, 1.807) is 30.5 Å². The largest absolute Gasteiger partial charge is 0.271 e. The monoisotopic (exact) mass is 308 g/mol. The van der Waals surface area contributed by atoms with E-state index in [2.05, 4.69) is 16.6 Å². The highest BCUT2D eigenvalue weighted by atomic mass is 35.5. The second-order valence-electron chi connectivity index (χ2n) is 4.81. The van der Waals surface area contributed by atoms with Crippen LogP contribution in [0.15, 0.2) is 71.8 Å². The molecule has 3 aromatic rings. The Morgan fingerprint density at radius 3 is 2.45 bits per heavy atom. The number of hydrogen-bond acceptors (Lipinski definition) is 2. The molecule has 3 rings (SSSR count). The smallest absolute Gasteiger partial charge is 0.267 e. The number of carbonyl (C=O) groups excluding carboxylic acids is 1. The van der Waals surface area contributed by atoms with E-state index in [-0.39, 0.29) is 5.91 Å². The fourth-order valence-corrected chi connectivity index (χ4v) is 2.25. The van der Waals surface area contributed by atoms with Gasteiger partial charge in [-0.05, 0) is 46.7 Å². The number of hydrazone groups is 1. The number of nitrogens with one attached hydrogen (secondary N) is 1. The van der Waals surface area contributed by atoms with Gasteiger partial charge in [0.2, 0.25) is 0 Å². The molecule has 0 aliphatic heterocycles. The van der Waals surface area contributed by atoms with E-state index < -0.39 is 0 Å². The molecular weight excluding hydrogens is 296 g/mol. The second kappa shape index (κ2) is 6.41. The highest BCUT2D eigenvalue weighted by molar-refractivity contribution is 6.30. The first-order valence-electron chi connectivity index (χ1n) is 6.80. The summed E-state index contributed by atoms with van der Waals surface area (Å²) in [7, 11) is 0. The lowest BCUT2D eigenvalue weighted by Crippen LogP contribution is -2.17. The van der Waals surface area contributed by atoms with Gasteiger partial charge in [0.1, 0.15) is 0 Å². The van der Waals surface area contributed by atoms with Gasteiger partial charge in [-0.15, -0.1) is 0 Å². The predicted octanol–water partition coefficient (Wildman–Crippen LogP) is 4.26. The molecule has 0 fully saturated rings. The van der Waals surface area contributed by atoms with Crippen LogP contribution in [0.1, 0.15) is 15.9 Å². The molecule has 22 heavy (non-hydrogen) atoms. The van der Waals surface area contributed by atoms with Crippen molar-refractivity contribution in [3.63, 3.8) is 0 Å². The van der Waals surface area contributed by atoms with Gasteiger partial charge in [-0.25, -0.2) is 5.43 Å². The van der Waals surface area contributed by atoms with Crippen molar-refractivity contribution < 1.29 is 4.79 Å². The highest BCUT2D eigenvalue weighted by Crippen LogP contribution is 2.14. The zero-order valence-electron chi connectivity index (χ0n) is 11.7. The van der Waals surface area contributed by atoms with Gasteiger partial charge in [0.25, 0.3) is 5.91 Å². The van der Waals surface area contributed by atoms with Crippen molar-refractivity contribution in [2.75, 3.05) is 0 Å². The number of hydrogen-bond donors (Lipinski definition) is 1. The van der Waals surface area contributed by atoms with Crippen LogP contribution in [-0.4, -0.2) is 12.1 Å². The van der Waals surface area contributed by atoms with Crippen LogP contribution >= 0.6 is 11.6 Å². The maximum absolute atomic E-state index is 11.9. The van der Waals surface area contributed by atoms with Gasteiger partial charge < -0.3 is 0 Å². The molecule has 0 saturated carbocycles. The quantitative estimate of drug-likeness (QED) is 0.570. The summed E-state index contributed by atoms with van der Waals surface area (Å²) in [4.78, 5) is 11.9. The Morgan fingerprint density at radius 2 is 1.68 bits per heavy atom. The second-order valence-corrected chi connectivity index (χ2v) is 5.25. The van der Waals surface area contributed by atoms with E-state index in [0.717, 1.165) is 10.9 Å². The lowest BCUT2D eigenvalue weighted by Gasteiger charge is -2.01. The lowest BCUT2D eigenvalue weighted by atomic mass is 10.1. The van der Waals surface area contributed by atoms with E-state index in [9.17, 15) is 4.79 Å². The SMILES string of the molecule is O=C(N/N=C\c1ccc2ccccc2c1)c1ccc(Cl)cc1. The van der Waals surface area contributed by atoms with Gasteiger partial charge in [-0.3, -0.25) is 4.79 Å². The molecule has 1 amide bonds. The van der Waals surface area contributed by atoms with Gasteiger partial charge in [0.05, 0.1) is 6.21 Å². The summed E-state index contributed by atoms with van der Waals surface area (Å²) in [5.41, 5.74) is 3.94. The Bertz CT molecular complexity index is 841. The zero-order chi connectivity index (χ0) is 15.4. The first-order valence-corrected chi connectivity index (χ1v) is 7.18. The standard InChI is InChI=1S/C18H13ClN2O/c19-17-9-7-15(8-10-17)18(22)21-20-12-13-5-6-14-3-1-2-4-16(14)11-13/h1-12H,(H,21,22)/b20-12-. The number of benzene rings is 3. The third-order valence-corrected chi connectivity index (χ3v) is 3.51. The fourth-order valence-electron chi connectivity index (χ4n) is 2.12. The predicted molar refractivity (Wildman–Crippen MR) is 90.5 cm³/mol. The molecule has 0 heterocycles. The molecule has 1 N–H and O–H groups in total. The van der Waals surface area contributed by atoms with E-state index in [1.165, 1.54) is 5.39 Å². The molecule has 0 aliphatic rings. The first kappa shape index (κ1) is 14.3. The average Bonchev–Trinajstić information content (AvgIpc) is 2.55. The Labute approximate surface area is 133 Å². The average molecular weight is 309 g/mol. The van der Waals surface area contributed by atoms with Crippen LogP contribution in [0.5, 0.6) is 0 Å². The maximum Gasteiger partial charge on any atom is 0.271 e. The molecular formula is C18H13ClN2O. The third-order valence-electron chi connectivity index (χ3n) is 3.26. The molecule has 0 aromatic heterocycles. The summed E-state index contributed by atoms with van der Waals surface area (Å²) in [5.74, 6) is -0.270. The molecule has 0 saturated heterocycles. The minimum atomic E-state index is -0.270. The maximum atomic E-state index is 11.9. The van der Waals surface area contributed by atoms with E-state index >= 15 is 0 Å². The van der Waals surface area contributed by atoms with Crippen molar-refractivity contribution in [3.8, 4) is 0 Å². The first-order chi connectivity index (χ1) is 10.7. The number of halogens is 1. The molecule has 4 heteroatoms. The van der Waals surface area contributed by atoms with Crippen molar-refractivity contribution in [2.45, 2.75) is 0 Å². The molecule has 3 nitrogen and oxygen atoms in total. The molecule has 3 aromatic carbocycles. The van der Waals surface area contributed by atoms with Crippen molar-refractivity contribution in [1.29, 1.82) is 0 Å². The van der Waals surface area contributed by atoms with Gasteiger partial charge in [0, 0.05) is 10.6 Å². The van der Waals surface area contributed by atoms with Gasteiger partial charge in [-0.1, -0.05) is 48.0 Å². The Kier molecular flexibility index (Phi) is 4.17. The molecule has 0 bridgehead atoms. The fraction of sp³-hybridized carbons (Fsp3) is 0. The van der Waals surface area contributed by atoms with E-state index in [1.807, 2.05) is 36.4 Å². The van der Waals surface area contributed by atoms with Crippen molar-refractivity contribution in [3.05, 3.63) is 82.9 Å². The highest BCUT2D eigenvalue weighted by Gasteiger charge is 2.03. The minimum Gasteiger partial charge on any atom is -0.267 e. The van der Waals surface area contributed by atoms with Crippen molar-refractivity contribution in [2.24, 2.45) is 5.10 Å². The van der Waals surface area contributed by atoms with Crippen LogP contribution in [0.3, 0.4) is 0 Å². The van der Waals surface area contributed by atoms with Crippen molar-refractivity contribution in [1.82, 2.24) is 5.43 Å². The number of fused-ring (bicyclic) bond motifs is 1. The number of carbonyl (C=O) groups is 1. The summed E-state index contributed by atoms with van der Waals surface area (Å²) in [6, 6.07) is 20.7. The number of amides is 1. The molecule has 0 spiro atoms. The summed E-state index contributed by atoms with van der Waals surface area (Å²) in [6.45, 7) is 0. The zero-order valence-corrected chi connectivity index (χ0v) is 12.4. The number of nitrogens with zero attached hydrogens (tertiary/aromatic N) is 1. The van der Waals surface area contributed by atoms with Crippen LogP contribution in [-0.2, 0) is 0 Å². The third kappa shape index (κ3) is 3.32.